The molecule has 0 radical (unpaired) electrons. The maximum absolute atomic E-state index is 13.1. The van der Waals surface area contributed by atoms with E-state index < -0.39 is 17.6 Å². The van der Waals surface area contributed by atoms with E-state index in [0.717, 1.165) is 24.5 Å². The van der Waals surface area contributed by atoms with Crippen molar-refractivity contribution in [3.8, 4) is 0 Å². The number of nitrogens with one attached hydrogen (secondary N) is 1. The lowest BCUT2D eigenvalue weighted by Crippen LogP contribution is -2.33. The van der Waals surface area contributed by atoms with Crippen molar-refractivity contribution in [2.45, 2.75) is 25.1 Å². The normalized spacial score (nSPS) is 18.1. The van der Waals surface area contributed by atoms with Crippen LogP contribution < -0.4 is 5.32 Å². The van der Waals surface area contributed by atoms with Crippen LogP contribution in [0.15, 0.2) is 42.7 Å². The molecule has 4 nitrogen and oxygen atoms in total. The zero-order valence-electron chi connectivity index (χ0n) is 13.8. The third-order valence-corrected chi connectivity index (χ3v) is 4.60. The summed E-state index contributed by atoms with van der Waals surface area (Å²) in [5.41, 5.74) is -0.190. The zero-order valence-corrected chi connectivity index (χ0v) is 14.5. The lowest BCUT2D eigenvalue weighted by molar-refractivity contribution is -0.137. The molecule has 1 fully saturated rings. The summed E-state index contributed by atoms with van der Waals surface area (Å²) in [7, 11) is 0. The Morgan fingerprint density at radius 1 is 1.27 bits per heavy atom. The number of alkyl halides is 3. The average Bonchev–Trinajstić information content (AvgIpc) is 3.04. The average molecular weight is 384 g/mol. The van der Waals surface area contributed by atoms with E-state index in [1.54, 1.807) is 12.4 Å². The van der Waals surface area contributed by atoms with Crippen LogP contribution in [0.5, 0.6) is 0 Å². The van der Waals surface area contributed by atoms with Crippen LogP contribution in [0.2, 0.25) is 5.02 Å². The van der Waals surface area contributed by atoms with Gasteiger partial charge in [-0.3, -0.25) is 14.7 Å². The predicted molar refractivity (Wildman–Crippen MR) is 92.9 cm³/mol. The summed E-state index contributed by atoms with van der Waals surface area (Å²) >= 11 is 5.66. The molecule has 2 heterocycles. The number of pyridine rings is 1. The van der Waals surface area contributed by atoms with Crippen molar-refractivity contribution in [3.05, 3.63) is 58.9 Å². The van der Waals surface area contributed by atoms with Crippen LogP contribution in [-0.2, 0) is 11.0 Å². The fourth-order valence-electron chi connectivity index (χ4n) is 3.21. The first kappa shape index (κ1) is 18.7. The molecular formula is C18H17ClF3N3O. The van der Waals surface area contributed by atoms with Crippen molar-refractivity contribution in [3.63, 3.8) is 0 Å². The van der Waals surface area contributed by atoms with Gasteiger partial charge in [-0.05, 0) is 55.3 Å². The van der Waals surface area contributed by atoms with Crippen LogP contribution in [0.4, 0.5) is 18.9 Å². The second-order valence-corrected chi connectivity index (χ2v) is 6.58. The molecule has 1 aromatic carbocycles. The molecule has 1 amide bonds. The summed E-state index contributed by atoms with van der Waals surface area (Å²) in [5.74, 6) is -0.487. The highest BCUT2D eigenvalue weighted by atomic mass is 35.5. The van der Waals surface area contributed by atoms with Crippen LogP contribution >= 0.6 is 11.6 Å². The van der Waals surface area contributed by atoms with Gasteiger partial charge in [0.1, 0.15) is 0 Å². The number of carbonyl (C=O) groups is 1. The number of likely N-dealkylation sites (tertiary alicyclic amines) is 1. The Bertz CT molecular complexity index is 783. The minimum atomic E-state index is -4.60. The molecule has 26 heavy (non-hydrogen) atoms. The van der Waals surface area contributed by atoms with E-state index in [0.29, 0.717) is 6.54 Å². The molecule has 1 atom stereocenters. The van der Waals surface area contributed by atoms with Crippen molar-refractivity contribution in [2.24, 2.45) is 0 Å². The van der Waals surface area contributed by atoms with Gasteiger partial charge in [-0.1, -0.05) is 11.6 Å². The molecule has 1 saturated heterocycles. The lowest BCUT2D eigenvalue weighted by Gasteiger charge is -2.24. The van der Waals surface area contributed by atoms with Crippen LogP contribution in [0.1, 0.15) is 30.0 Å². The third-order valence-electron chi connectivity index (χ3n) is 4.36. The van der Waals surface area contributed by atoms with E-state index in [9.17, 15) is 18.0 Å². The van der Waals surface area contributed by atoms with Crippen LogP contribution in [0.3, 0.4) is 0 Å². The van der Waals surface area contributed by atoms with Gasteiger partial charge < -0.3 is 5.32 Å². The van der Waals surface area contributed by atoms with E-state index in [2.05, 4.69) is 10.3 Å². The highest BCUT2D eigenvalue weighted by Crippen LogP contribution is 2.37. The van der Waals surface area contributed by atoms with Gasteiger partial charge in [0.2, 0.25) is 5.91 Å². The van der Waals surface area contributed by atoms with Crippen molar-refractivity contribution >= 4 is 23.2 Å². The number of benzene rings is 1. The van der Waals surface area contributed by atoms with Gasteiger partial charge >= 0.3 is 6.18 Å². The summed E-state index contributed by atoms with van der Waals surface area (Å²) < 4.78 is 39.4. The number of halogens is 4. The van der Waals surface area contributed by atoms with Gasteiger partial charge in [-0.25, -0.2) is 0 Å². The van der Waals surface area contributed by atoms with Crippen molar-refractivity contribution in [1.82, 2.24) is 9.88 Å². The molecule has 1 N–H and O–H groups in total. The predicted octanol–water partition coefficient (Wildman–Crippen LogP) is 4.53. The lowest BCUT2D eigenvalue weighted by atomic mass is 10.1. The van der Waals surface area contributed by atoms with Crippen LogP contribution in [-0.4, -0.2) is 28.9 Å². The van der Waals surface area contributed by atoms with Crippen LogP contribution in [0.25, 0.3) is 0 Å². The number of hydrogen-bond donors (Lipinski definition) is 1. The molecule has 1 aliphatic rings. The Labute approximate surface area is 154 Å². The monoisotopic (exact) mass is 383 g/mol. The fourth-order valence-corrected chi connectivity index (χ4v) is 3.38. The fraction of sp³-hybridized carbons (Fsp3) is 0.333. The second kappa shape index (κ2) is 7.63. The van der Waals surface area contributed by atoms with Crippen molar-refractivity contribution in [1.29, 1.82) is 0 Å². The molecule has 8 heteroatoms. The Hall–Kier alpha value is -2.12. The number of amides is 1. The molecule has 1 aliphatic heterocycles. The molecule has 0 saturated carbocycles. The number of nitrogens with zero attached hydrogens (tertiary/aromatic N) is 2. The van der Waals surface area contributed by atoms with Gasteiger partial charge in [-0.15, -0.1) is 0 Å². The molecule has 1 aromatic heterocycles. The first-order valence-electron chi connectivity index (χ1n) is 8.15. The highest BCUT2D eigenvalue weighted by Gasteiger charge is 2.34. The topological polar surface area (TPSA) is 45.2 Å². The van der Waals surface area contributed by atoms with Gasteiger partial charge in [0, 0.05) is 23.5 Å². The summed E-state index contributed by atoms with van der Waals surface area (Å²) in [6, 6.07) is 7.15. The number of carbonyl (C=O) groups excluding carboxylic acids is 1. The molecule has 0 aliphatic carbocycles. The number of anilines is 1. The van der Waals surface area contributed by atoms with Crippen molar-refractivity contribution < 1.29 is 18.0 Å². The van der Waals surface area contributed by atoms with E-state index in [4.69, 9.17) is 11.6 Å². The van der Waals surface area contributed by atoms with E-state index in [1.165, 1.54) is 12.1 Å². The first-order chi connectivity index (χ1) is 12.3. The highest BCUT2D eigenvalue weighted by molar-refractivity contribution is 6.30. The van der Waals surface area contributed by atoms with Gasteiger partial charge in [0.25, 0.3) is 0 Å². The van der Waals surface area contributed by atoms with E-state index in [1.807, 2.05) is 17.0 Å². The molecule has 0 bridgehead atoms. The van der Waals surface area contributed by atoms with Gasteiger partial charge in [0.15, 0.2) is 0 Å². The molecule has 0 spiro atoms. The SMILES string of the molecule is O=C(CN1CCC[C@@H]1c1ccncc1)Nc1ccc(Cl)cc1C(F)(F)F. The van der Waals surface area contributed by atoms with Crippen molar-refractivity contribution in [2.75, 3.05) is 18.4 Å². The van der Waals surface area contributed by atoms with Crippen LogP contribution in [0, 0.1) is 0 Å². The Morgan fingerprint density at radius 3 is 2.69 bits per heavy atom. The molecule has 0 unspecified atom stereocenters. The second-order valence-electron chi connectivity index (χ2n) is 6.14. The quantitative estimate of drug-likeness (QED) is 0.843. The maximum atomic E-state index is 13.1. The third kappa shape index (κ3) is 4.34. The van der Waals surface area contributed by atoms with Gasteiger partial charge in [0.05, 0.1) is 17.8 Å². The molecule has 3 rings (SSSR count). The summed E-state index contributed by atoms with van der Waals surface area (Å²) in [6.07, 6.45) is 0.603. The standard InChI is InChI=1S/C18H17ClF3N3O/c19-13-3-4-15(14(10-13)18(20,21)22)24-17(26)11-25-9-1-2-16(25)12-5-7-23-8-6-12/h3-8,10,16H,1-2,9,11H2,(H,24,26)/t16-/m1/s1. The summed E-state index contributed by atoms with van der Waals surface area (Å²) in [5, 5.41) is 2.34. The molecule has 2 aromatic rings. The molecular weight excluding hydrogens is 367 g/mol. The number of rotatable bonds is 4. The molecule has 138 valence electrons. The largest absolute Gasteiger partial charge is 0.418 e. The number of aromatic nitrogens is 1. The Kier molecular flexibility index (Phi) is 5.48. The minimum Gasteiger partial charge on any atom is -0.324 e. The zero-order chi connectivity index (χ0) is 18.7. The number of hydrogen-bond acceptors (Lipinski definition) is 3. The first-order valence-corrected chi connectivity index (χ1v) is 8.53. The van der Waals surface area contributed by atoms with E-state index >= 15 is 0 Å². The summed E-state index contributed by atoms with van der Waals surface area (Å²) in [4.78, 5) is 18.3. The summed E-state index contributed by atoms with van der Waals surface area (Å²) in [6.45, 7) is 0.736. The Morgan fingerprint density at radius 2 is 2.00 bits per heavy atom. The minimum absolute atomic E-state index is 0.0207. The van der Waals surface area contributed by atoms with E-state index in [-0.39, 0.29) is 23.3 Å². The Balaban J connectivity index is 1.72. The van der Waals surface area contributed by atoms with Gasteiger partial charge in [-0.2, -0.15) is 13.2 Å². The maximum Gasteiger partial charge on any atom is 0.418 e. The smallest absolute Gasteiger partial charge is 0.324 e.